The number of rotatable bonds is 4. The number of nitro groups is 1. The van der Waals surface area contributed by atoms with Crippen LogP contribution in [0.25, 0.3) is 23.3 Å². The molecule has 0 fully saturated rings. The molecule has 0 heterocycles. The molecule has 0 saturated carbocycles. The summed E-state index contributed by atoms with van der Waals surface area (Å²) in [6, 6.07) is 15.1. The molecule has 3 aromatic rings. The summed E-state index contributed by atoms with van der Waals surface area (Å²) in [6.45, 7) is 0. The number of phenols is 3. The second-order valence-electron chi connectivity index (χ2n) is 5.70. The molecule has 0 aromatic heterocycles. The highest BCUT2D eigenvalue weighted by molar-refractivity contribution is 5.82. The molecule has 0 unspecified atom stereocenters. The zero-order valence-electron chi connectivity index (χ0n) is 13.5. The summed E-state index contributed by atoms with van der Waals surface area (Å²) in [5.41, 5.74) is 2.47. The molecule has 3 rings (SSSR count). The predicted molar refractivity (Wildman–Crippen MR) is 98.9 cm³/mol. The second kappa shape index (κ2) is 6.98. The summed E-state index contributed by atoms with van der Waals surface area (Å²) in [5, 5.41) is 39.9. The molecule has 0 bridgehead atoms. The van der Waals surface area contributed by atoms with Crippen LogP contribution in [-0.2, 0) is 0 Å². The second-order valence-corrected chi connectivity index (χ2v) is 5.70. The van der Waals surface area contributed by atoms with Crippen molar-refractivity contribution in [1.82, 2.24) is 0 Å². The van der Waals surface area contributed by atoms with Crippen molar-refractivity contribution < 1.29 is 20.2 Å². The van der Waals surface area contributed by atoms with E-state index in [4.69, 9.17) is 0 Å². The highest BCUT2D eigenvalue weighted by atomic mass is 16.6. The number of hydrogen-bond donors (Lipinski definition) is 3. The molecule has 0 radical (unpaired) electrons. The van der Waals surface area contributed by atoms with Gasteiger partial charge < -0.3 is 15.3 Å². The van der Waals surface area contributed by atoms with E-state index in [-0.39, 0.29) is 22.9 Å². The topological polar surface area (TPSA) is 104 Å². The van der Waals surface area contributed by atoms with Gasteiger partial charge in [-0.05, 0) is 46.5 Å². The molecule has 0 aliphatic rings. The number of nitrogens with zero attached hydrogens (tertiary/aromatic N) is 1. The number of nitro benzene ring substituents is 1. The SMILES string of the molecule is O=[N+]([O-])c1cccc(-c2cc(O)ccc2/C=C/c2cc(O)cc(O)c2)c1. The molecule has 26 heavy (non-hydrogen) atoms. The van der Waals surface area contributed by atoms with Crippen LogP contribution in [0.3, 0.4) is 0 Å². The summed E-state index contributed by atoms with van der Waals surface area (Å²) in [5.74, 6) is -0.0813. The monoisotopic (exact) mass is 349 g/mol. The average Bonchev–Trinajstić information content (AvgIpc) is 2.60. The molecule has 0 spiro atoms. The van der Waals surface area contributed by atoms with Crippen LogP contribution in [0.15, 0.2) is 60.7 Å². The smallest absolute Gasteiger partial charge is 0.270 e. The Bertz CT molecular complexity index is 991. The third kappa shape index (κ3) is 3.81. The normalized spacial score (nSPS) is 10.9. The predicted octanol–water partition coefficient (Wildman–Crippen LogP) is 4.55. The van der Waals surface area contributed by atoms with E-state index >= 15 is 0 Å². The minimum Gasteiger partial charge on any atom is -0.508 e. The summed E-state index contributed by atoms with van der Waals surface area (Å²) in [6.07, 6.45) is 3.43. The first-order valence-corrected chi connectivity index (χ1v) is 7.71. The van der Waals surface area contributed by atoms with E-state index in [0.717, 1.165) is 0 Å². The molecule has 6 heteroatoms. The third-order valence-electron chi connectivity index (χ3n) is 3.79. The molecule has 0 saturated heterocycles. The first kappa shape index (κ1) is 17.0. The summed E-state index contributed by atoms with van der Waals surface area (Å²) in [7, 11) is 0. The van der Waals surface area contributed by atoms with Crippen LogP contribution in [0.2, 0.25) is 0 Å². The number of benzene rings is 3. The standard InChI is InChI=1S/C20H15NO5/c22-17-7-6-14(5-4-13-8-18(23)11-19(24)9-13)20(12-17)15-2-1-3-16(10-15)21(25)26/h1-12,22-24H/b5-4+. The lowest BCUT2D eigenvalue weighted by Crippen LogP contribution is -1.89. The van der Waals surface area contributed by atoms with Gasteiger partial charge in [0.15, 0.2) is 0 Å². The zero-order valence-corrected chi connectivity index (χ0v) is 13.5. The van der Waals surface area contributed by atoms with Gasteiger partial charge in [0.2, 0.25) is 0 Å². The summed E-state index contributed by atoms with van der Waals surface area (Å²) >= 11 is 0. The minimum absolute atomic E-state index is 0.0404. The van der Waals surface area contributed by atoms with Gasteiger partial charge in [0.1, 0.15) is 17.2 Å². The third-order valence-corrected chi connectivity index (χ3v) is 3.79. The largest absolute Gasteiger partial charge is 0.508 e. The lowest BCUT2D eigenvalue weighted by Gasteiger charge is -2.08. The van der Waals surface area contributed by atoms with Crippen LogP contribution in [0.4, 0.5) is 5.69 Å². The van der Waals surface area contributed by atoms with Crippen molar-refractivity contribution >= 4 is 17.8 Å². The van der Waals surface area contributed by atoms with Crippen LogP contribution in [0.5, 0.6) is 17.2 Å². The van der Waals surface area contributed by atoms with Crippen LogP contribution in [-0.4, -0.2) is 20.2 Å². The molecule has 0 atom stereocenters. The first-order valence-electron chi connectivity index (χ1n) is 7.71. The highest BCUT2D eigenvalue weighted by Crippen LogP contribution is 2.31. The van der Waals surface area contributed by atoms with Crippen LogP contribution in [0.1, 0.15) is 11.1 Å². The molecule has 0 aliphatic heterocycles. The van der Waals surface area contributed by atoms with E-state index in [9.17, 15) is 25.4 Å². The summed E-state index contributed by atoms with van der Waals surface area (Å²) < 4.78 is 0. The molecular formula is C20H15NO5. The highest BCUT2D eigenvalue weighted by Gasteiger charge is 2.10. The fourth-order valence-corrected chi connectivity index (χ4v) is 2.63. The fraction of sp³-hybridized carbons (Fsp3) is 0. The number of hydrogen-bond acceptors (Lipinski definition) is 5. The van der Waals surface area contributed by atoms with Gasteiger partial charge >= 0.3 is 0 Å². The Morgan fingerprint density at radius 1 is 0.808 bits per heavy atom. The maximum absolute atomic E-state index is 11.0. The Morgan fingerprint density at radius 2 is 1.54 bits per heavy atom. The van der Waals surface area contributed by atoms with Gasteiger partial charge in [0.05, 0.1) is 4.92 Å². The van der Waals surface area contributed by atoms with Crippen molar-refractivity contribution in [2.75, 3.05) is 0 Å². The Hall–Kier alpha value is -3.80. The maximum Gasteiger partial charge on any atom is 0.270 e. The van der Waals surface area contributed by atoms with Crippen molar-refractivity contribution in [2.24, 2.45) is 0 Å². The fourth-order valence-electron chi connectivity index (χ4n) is 2.63. The zero-order chi connectivity index (χ0) is 18.7. The van der Waals surface area contributed by atoms with E-state index < -0.39 is 4.92 Å². The van der Waals surface area contributed by atoms with Crippen LogP contribution >= 0.6 is 0 Å². The lowest BCUT2D eigenvalue weighted by atomic mass is 9.98. The van der Waals surface area contributed by atoms with Crippen molar-refractivity contribution in [3.8, 4) is 28.4 Å². The number of aromatic hydroxyl groups is 3. The van der Waals surface area contributed by atoms with Gasteiger partial charge in [-0.2, -0.15) is 0 Å². The Kier molecular flexibility index (Phi) is 4.57. The quantitative estimate of drug-likeness (QED) is 0.364. The molecular weight excluding hydrogens is 334 g/mol. The van der Waals surface area contributed by atoms with Crippen molar-refractivity contribution in [3.05, 3.63) is 81.9 Å². The molecule has 0 aliphatic carbocycles. The molecule has 3 aromatic carbocycles. The molecule has 0 amide bonds. The van der Waals surface area contributed by atoms with Crippen molar-refractivity contribution in [3.63, 3.8) is 0 Å². The molecule has 3 N–H and O–H groups in total. The van der Waals surface area contributed by atoms with Gasteiger partial charge in [0, 0.05) is 18.2 Å². The van der Waals surface area contributed by atoms with Crippen molar-refractivity contribution in [1.29, 1.82) is 0 Å². The van der Waals surface area contributed by atoms with E-state index in [1.54, 1.807) is 30.4 Å². The average molecular weight is 349 g/mol. The van der Waals surface area contributed by atoms with E-state index in [1.165, 1.54) is 42.5 Å². The Labute approximate surface area is 149 Å². The van der Waals surface area contributed by atoms with Crippen LogP contribution < -0.4 is 0 Å². The minimum atomic E-state index is -0.475. The van der Waals surface area contributed by atoms with Gasteiger partial charge in [-0.25, -0.2) is 0 Å². The molecule has 130 valence electrons. The number of non-ortho nitro benzene ring substituents is 1. The van der Waals surface area contributed by atoms with E-state index in [2.05, 4.69) is 0 Å². The lowest BCUT2D eigenvalue weighted by molar-refractivity contribution is -0.384. The Balaban J connectivity index is 2.05. The van der Waals surface area contributed by atoms with Gasteiger partial charge in [0.25, 0.3) is 5.69 Å². The van der Waals surface area contributed by atoms with Gasteiger partial charge in [-0.1, -0.05) is 30.4 Å². The molecule has 6 nitrogen and oxygen atoms in total. The van der Waals surface area contributed by atoms with Gasteiger partial charge in [-0.3, -0.25) is 10.1 Å². The van der Waals surface area contributed by atoms with Crippen LogP contribution in [0, 0.1) is 10.1 Å². The number of phenolic OH excluding ortho intramolecular Hbond substituents is 3. The van der Waals surface area contributed by atoms with E-state index in [1.807, 2.05) is 0 Å². The first-order chi connectivity index (χ1) is 12.4. The summed E-state index contributed by atoms with van der Waals surface area (Å²) in [4.78, 5) is 10.5. The van der Waals surface area contributed by atoms with Crippen molar-refractivity contribution in [2.45, 2.75) is 0 Å². The Morgan fingerprint density at radius 3 is 2.23 bits per heavy atom. The van der Waals surface area contributed by atoms with E-state index in [0.29, 0.717) is 22.3 Å². The maximum atomic E-state index is 11.0. The van der Waals surface area contributed by atoms with Gasteiger partial charge in [-0.15, -0.1) is 0 Å².